The van der Waals surface area contributed by atoms with Crippen LogP contribution in [0.15, 0.2) is 189 Å². The average molecular weight is 1310 g/mol. The van der Waals surface area contributed by atoms with E-state index in [-0.39, 0.29) is 0 Å². The van der Waals surface area contributed by atoms with E-state index in [1.165, 1.54) is 57.7 Å². The van der Waals surface area contributed by atoms with Crippen LogP contribution < -0.4 is 20.9 Å². The van der Waals surface area contributed by atoms with E-state index in [0.29, 0.717) is 47.6 Å². The van der Waals surface area contributed by atoms with E-state index in [0.717, 1.165) is 152 Å². The third-order valence-corrected chi connectivity index (χ3v) is 21.2. The monoisotopic (exact) mass is 1310 g/mol. The molecule has 19 nitrogen and oxygen atoms in total. The third kappa shape index (κ3) is 12.5. The molecule has 1 saturated carbocycles. The van der Waals surface area contributed by atoms with Crippen molar-refractivity contribution < 1.29 is 0 Å². The SMILES string of the molecule is CC[C@H](C)NC[C@H]1CCN(c2ccc3c(c2)Cn2cc(-c4ccccc4)cc2-c2nncn2-3)C1.CN(C)C1CCN(c2ccc3c(n2)Cn2cc(-c4ccc(C#N)cc4)cc2-c2nncn2-3)CC1.N#Cc1ccc(-c2cc3n(c2)Cc2cc(CC4CC(N)C4)ccc2-n2ccnc2-3)cc1. The molecular weight excluding hydrogens is 1230 g/mol. The van der Waals surface area contributed by atoms with Crippen molar-refractivity contribution in [2.24, 2.45) is 17.6 Å². The number of pyridine rings is 1. The maximum absolute atomic E-state index is 9.11. The van der Waals surface area contributed by atoms with Gasteiger partial charge in [0, 0.05) is 111 Å². The second kappa shape index (κ2) is 26.8. The maximum atomic E-state index is 9.11. The van der Waals surface area contributed by atoms with Crippen molar-refractivity contribution in [3.8, 4) is 97.1 Å². The molecule has 3 N–H and O–H groups in total. The van der Waals surface area contributed by atoms with Gasteiger partial charge in [0.2, 0.25) is 0 Å². The molecule has 0 bridgehead atoms. The molecule has 1 aliphatic carbocycles. The summed E-state index contributed by atoms with van der Waals surface area (Å²) in [7, 11) is 4.33. The number of nitriles is 2. The Kier molecular flexibility index (Phi) is 17.0. The summed E-state index contributed by atoms with van der Waals surface area (Å²) in [5.74, 6) is 5.12. The van der Waals surface area contributed by atoms with Gasteiger partial charge in [-0.05, 0) is 197 Å². The topological polar surface area (TPSA) is 202 Å². The van der Waals surface area contributed by atoms with Crippen LogP contribution in [0.3, 0.4) is 0 Å². The van der Waals surface area contributed by atoms with Crippen LogP contribution in [-0.4, -0.2) is 128 Å². The zero-order chi connectivity index (χ0) is 67.3. The van der Waals surface area contributed by atoms with E-state index >= 15 is 0 Å². The Morgan fingerprint density at radius 3 is 1.77 bits per heavy atom. The van der Waals surface area contributed by atoms with Gasteiger partial charge in [-0.3, -0.25) is 13.7 Å². The molecule has 12 aromatic rings. The molecule has 18 rings (SSSR count). The van der Waals surface area contributed by atoms with Gasteiger partial charge in [0.05, 0.1) is 69.6 Å². The number of nitrogens with one attached hydrogen (secondary N) is 1. The Hall–Kier alpha value is -11.0. The lowest BCUT2D eigenvalue weighted by Crippen LogP contribution is -2.42. The zero-order valence-corrected chi connectivity index (χ0v) is 56.6. The van der Waals surface area contributed by atoms with E-state index in [1.807, 2.05) is 71.8 Å². The summed E-state index contributed by atoms with van der Waals surface area (Å²) in [6, 6.07) is 56.6. The number of anilines is 2. The number of nitrogens with zero attached hydrogens (tertiary/aromatic N) is 17. The normalized spacial score (nSPS) is 17.3. The number of aromatic nitrogens is 12. The van der Waals surface area contributed by atoms with Gasteiger partial charge in [-0.2, -0.15) is 10.5 Å². The van der Waals surface area contributed by atoms with Crippen molar-refractivity contribution in [1.29, 1.82) is 10.5 Å². The highest BCUT2D eigenvalue weighted by atomic mass is 15.3. The summed E-state index contributed by atoms with van der Waals surface area (Å²) >= 11 is 0. The first-order chi connectivity index (χ1) is 48.5. The first-order valence-electron chi connectivity index (χ1n) is 34.9. The Morgan fingerprint density at radius 2 is 1.15 bits per heavy atom. The number of piperidine rings is 1. The van der Waals surface area contributed by atoms with Crippen molar-refractivity contribution >= 4 is 11.5 Å². The van der Waals surface area contributed by atoms with E-state index in [1.54, 1.807) is 6.33 Å². The minimum Gasteiger partial charge on any atom is -0.371 e. The standard InChI is InChI=1S/C28H32N6.C26H26N8.C26H23N5/c1-3-20(2)29-15-21-11-12-32(16-21)25-9-10-26-24(13-25)18-33-17-23(22-7-5-4-6-8-22)14-27(33)28-31-30-19-34(26)28;1-31(2)21-9-11-32(12-10-21)25-8-7-23-22(29-25)16-33-15-20(19-5-3-18(14-27)4-6-19)13-24(33)26-30-28-17-34(23)26;27-14-17-1-4-20(5-2-17)21-13-25-26-29-7-8-31(26)24-6-3-18(9-19-11-23(28)12-19)10-22(24)16-30(25)15-21/h4-10,13-14,17,19-21,29H,3,11-12,15-16,18H2,1-2H3;3-8,13,15,17,21H,9-12,16H2,1-2H3;1-8,10,13,15,19,23H,9,11-12,16,28H2/t20-,21+;;/m0../s1. The predicted molar refractivity (Wildman–Crippen MR) is 389 cm³/mol. The summed E-state index contributed by atoms with van der Waals surface area (Å²) in [5.41, 5.74) is 27.1. The fourth-order valence-corrected chi connectivity index (χ4v) is 15.3. The molecule has 496 valence electrons. The van der Waals surface area contributed by atoms with Crippen LogP contribution in [0, 0.1) is 34.5 Å². The number of hydrogen-bond acceptors (Lipinski definition) is 13. The lowest BCUT2D eigenvalue weighted by atomic mass is 9.77. The molecule has 0 radical (unpaired) electrons. The van der Waals surface area contributed by atoms with Gasteiger partial charge in [-0.15, -0.1) is 20.4 Å². The highest BCUT2D eigenvalue weighted by Gasteiger charge is 2.31. The smallest absolute Gasteiger partial charge is 0.185 e. The summed E-state index contributed by atoms with van der Waals surface area (Å²) in [4.78, 5) is 17.1. The van der Waals surface area contributed by atoms with Crippen molar-refractivity contribution in [3.63, 3.8) is 0 Å². The van der Waals surface area contributed by atoms with Gasteiger partial charge in [-0.25, -0.2) is 9.97 Å². The highest BCUT2D eigenvalue weighted by molar-refractivity contribution is 5.75. The fourth-order valence-electron chi connectivity index (χ4n) is 15.3. The molecule has 5 aromatic carbocycles. The van der Waals surface area contributed by atoms with Crippen molar-refractivity contribution in [1.82, 2.24) is 68.0 Å². The molecule has 0 amide bonds. The molecule has 12 heterocycles. The predicted octanol–water partition coefficient (Wildman–Crippen LogP) is 13.1. The van der Waals surface area contributed by atoms with E-state index in [9.17, 15) is 0 Å². The number of rotatable bonds is 12. The first kappa shape index (κ1) is 62.8. The minimum absolute atomic E-state index is 0.391. The fraction of sp³-hybridized carbons (Fsp3) is 0.300. The van der Waals surface area contributed by atoms with E-state index in [2.05, 4.69) is 224 Å². The van der Waals surface area contributed by atoms with Gasteiger partial charge in [0.15, 0.2) is 17.5 Å². The molecule has 5 aliphatic heterocycles. The van der Waals surface area contributed by atoms with Gasteiger partial charge in [-0.1, -0.05) is 73.7 Å². The third-order valence-electron chi connectivity index (χ3n) is 21.2. The summed E-state index contributed by atoms with van der Waals surface area (Å²) in [6.07, 6.45) is 22.2. The zero-order valence-electron chi connectivity index (χ0n) is 56.6. The molecule has 99 heavy (non-hydrogen) atoms. The second-order valence-corrected chi connectivity index (χ2v) is 27.9. The lowest BCUT2D eigenvalue weighted by molar-refractivity contribution is 0.249. The summed E-state index contributed by atoms with van der Waals surface area (Å²) < 4.78 is 13.2. The lowest BCUT2D eigenvalue weighted by Gasteiger charge is -2.36. The highest BCUT2D eigenvalue weighted by Crippen LogP contribution is 2.40. The largest absolute Gasteiger partial charge is 0.371 e. The van der Waals surface area contributed by atoms with Crippen LogP contribution in [0.5, 0.6) is 0 Å². The molecule has 19 heteroatoms. The number of hydrogen-bond donors (Lipinski definition) is 2. The summed E-state index contributed by atoms with van der Waals surface area (Å²) in [6.45, 7) is 12.2. The van der Waals surface area contributed by atoms with Gasteiger partial charge in [0.25, 0.3) is 0 Å². The summed E-state index contributed by atoms with van der Waals surface area (Å²) in [5, 5.41) is 39.3. The van der Waals surface area contributed by atoms with Crippen LogP contribution >= 0.6 is 0 Å². The maximum Gasteiger partial charge on any atom is 0.185 e. The number of imidazole rings is 1. The van der Waals surface area contributed by atoms with Crippen molar-refractivity contribution in [2.75, 3.05) is 56.6 Å². The Bertz CT molecular complexity index is 4970. The van der Waals surface area contributed by atoms with Crippen LogP contribution in [0.1, 0.15) is 85.9 Å². The van der Waals surface area contributed by atoms with Crippen LogP contribution in [0.2, 0.25) is 0 Å². The Labute approximate surface area is 577 Å². The van der Waals surface area contributed by atoms with Crippen LogP contribution in [0.25, 0.3) is 85.0 Å². The number of benzene rings is 5. The molecule has 7 aromatic heterocycles. The number of fused-ring (bicyclic) bond motifs is 15. The first-order valence-corrected chi connectivity index (χ1v) is 34.9. The molecular formula is C80H81N19. The van der Waals surface area contributed by atoms with Crippen molar-refractivity contribution in [3.05, 3.63) is 223 Å². The second-order valence-electron chi connectivity index (χ2n) is 27.9. The van der Waals surface area contributed by atoms with Gasteiger partial charge < -0.3 is 39.5 Å². The quantitative estimate of drug-likeness (QED) is 0.117. The molecule has 2 saturated heterocycles. The average Bonchev–Trinajstić information content (AvgIpc) is 1.11. The van der Waals surface area contributed by atoms with Gasteiger partial charge >= 0.3 is 0 Å². The molecule has 6 aliphatic rings. The molecule has 3 fully saturated rings. The molecule has 0 unspecified atom stereocenters. The minimum atomic E-state index is 0.391. The van der Waals surface area contributed by atoms with Crippen LogP contribution in [0.4, 0.5) is 11.5 Å². The number of nitrogens with two attached hydrogens (primary N) is 1. The molecule has 0 spiro atoms. The Balaban J connectivity index is 0.000000116. The van der Waals surface area contributed by atoms with Crippen molar-refractivity contribution in [2.45, 2.75) is 96.6 Å². The van der Waals surface area contributed by atoms with E-state index < -0.39 is 0 Å². The van der Waals surface area contributed by atoms with Gasteiger partial charge in [0.1, 0.15) is 18.5 Å². The van der Waals surface area contributed by atoms with E-state index in [4.69, 9.17) is 21.2 Å². The van der Waals surface area contributed by atoms with Crippen LogP contribution in [-0.2, 0) is 26.1 Å². The Morgan fingerprint density at radius 1 is 0.586 bits per heavy atom. The molecule has 2 atom stereocenters.